The van der Waals surface area contributed by atoms with Crippen LogP contribution < -0.4 is 20.5 Å². The first kappa shape index (κ1) is 15.4. The van der Waals surface area contributed by atoms with E-state index in [0.717, 1.165) is 16.9 Å². The molecule has 0 aliphatic carbocycles. The first-order valence-corrected chi connectivity index (χ1v) is 6.92. The molecule has 3 N–H and O–H groups in total. The van der Waals surface area contributed by atoms with E-state index in [1.807, 2.05) is 24.3 Å². The van der Waals surface area contributed by atoms with Crippen LogP contribution in [0.1, 0.15) is 5.56 Å². The first-order valence-electron chi connectivity index (χ1n) is 6.13. The minimum Gasteiger partial charge on any atom is -0.495 e. The fraction of sp³-hybridized carbons (Fsp3) is 0.133. The maximum atomic E-state index is 6.14. The number of nitrogens with two attached hydrogens (primary N) is 1. The van der Waals surface area contributed by atoms with Gasteiger partial charge in [0, 0.05) is 17.3 Å². The molecule has 0 fully saturated rings. The van der Waals surface area contributed by atoms with Gasteiger partial charge in [-0.1, -0.05) is 23.8 Å². The highest BCUT2D eigenvalue weighted by Crippen LogP contribution is 2.37. The molecule has 0 aromatic heterocycles. The highest BCUT2D eigenvalue weighted by atomic mass is 35.5. The van der Waals surface area contributed by atoms with E-state index in [1.165, 1.54) is 0 Å². The van der Waals surface area contributed by atoms with Crippen LogP contribution in [-0.4, -0.2) is 19.2 Å². The molecule has 2 aromatic carbocycles. The van der Waals surface area contributed by atoms with E-state index in [4.69, 9.17) is 39.0 Å². The number of anilines is 2. The summed E-state index contributed by atoms with van der Waals surface area (Å²) in [5.41, 5.74) is 8.00. The molecule has 0 unspecified atom stereocenters. The average Bonchev–Trinajstić information content (AvgIpc) is 2.48. The van der Waals surface area contributed by atoms with Crippen LogP contribution in [0.25, 0.3) is 0 Å². The lowest BCUT2D eigenvalue weighted by atomic mass is 10.2. The number of benzene rings is 2. The van der Waals surface area contributed by atoms with Crippen molar-refractivity contribution >= 4 is 40.2 Å². The minimum absolute atomic E-state index is 0.367. The molecule has 2 rings (SSSR count). The van der Waals surface area contributed by atoms with E-state index >= 15 is 0 Å². The summed E-state index contributed by atoms with van der Waals surface area (Å²) in [5.74, 6) is 1.19. The van der Waals surface area contributed by atoms with E-state index < -0.39 is 0 Å². The second-order valence-corrected chi connectivity index (χ2v) is 5.10. The van der Waals surface area contributed by atoms with Crippen molar-refractivity contribution < 1.29 is 9.47 Å². The molecule has 4 nitrogen and oxygen atoms in total. The molecule has 21 heavy (non-hydrogen) atoms. The zero-order chi connectivity index (χ0) is 15.4. The third-order valence-corrected chi connectivity index (χ3v) is 3.45. The Hall–Kier alpha value is -1.98. The summed E-state index contributed by atoms with van der Waals surface area (Å²) < 4.78 is 10.5. The predicted octanol–water partition coefficient (Wildman–Crippen LogP) is 3.74. The molecule has 0 saturated carbocycles. The topological polar surface area (TPSA) is 56.5 Å². The minimum atomic E-state index is 0.367. The largest absolute Gasteiger partial charge is 0.495 e. The van der Waals surface area contributed by atoms with Crippen molar-refractivity contribution in [3.63, 3.8) is 0 Å². The SMILES string of the molecule is COc1cc(OC)c(Nc2ccc(C(N)=S)cc2)cc1Cl. The molecule has 0 bridgehead atoms. The zero-order valence-corrected chi connectivity index (χ0v) is 13.2. The second-order valence-electron chi connectivity index (χ2n) is 4.25. The van der Waals surface area contributed by atoms with Gasteiger partial charge >= 0.3 is 0 Å². The highest BCUT2D eigenvalue weighted by molar-refractivity contribution is 7.80. The third-order valence-electron chi connectivity index (χ3n) is 2.92. The smallest absolute Gasteiger partial charge is 0.146 e. The molecule has 0 heterocycles. The Bertz CT molecular complexity index is 659. The van der Waals surface area contributed by atoms with Crippen LogP contribution in [0.4, 0.5) is 11.4 Å². The number of rotatable bonds is 5. The molecule has 0 atom stereocenters. The van der Waals surface area contributed by atoms with Crippen LogP contribution in [0, 0.1) is 0 Å². The van der Waals surface area contributed by atoms with Gasteiger partial charge in [-0.25, -0.2) is 0 Å². The van der Waals surface area contributed by atoms with Gasteiger partial charge in [0.1, 0.15) is 16.5 Å². The molecule has 110 valence electrons. The van der Waals surface area contributed by atoms with Gasteiger partial charge in [0.05, 0.1) is 24.9 Å². The fourth-order valence-corrected chi connectivity index (χ4v) is 2.21. The number of methoxy groups -OCH3 is 2. The molecule has 2 aromatic rings. The normalized spacial score (nSPS) is 10.0. The van der Waals surface area contributed by atoms with Crippen molar-refractivity contribution in [2.24, 2.45) is 5.73 Å². The Morgan fingerprint density at radius 3 is 2.24 bits per heavy atom. The van der Waals surface area contributed by atoms with Gasteiger partial charge in [-0.15, -0.1) is 0 Å². The van der Waals surface area contributed by atoms with Gasteiger partial charge in [-0.05, 0) is 30.3 Å². The number of ether oxygens (including phenoxy) is 2. The molecular weight excluding hydrogens is 308 g/mol. The molecule has 0 aliphatic heterocycles. The number of nitrogens with one attached hydrogen (secondary N) is 1. The zero-order valence-electron chi connectivity index (χ0n) is 11.6. The summed E-state index contributed by atoms with van der Waals surface area (Å²) in [6, 6.07) is 10.9. The lowest BCUT2D eigenvalue weighted by molar-refractivity contribution is 0.396. The van der Waals surface area contributed by atoms with E-state index in [0.29, 0.717) is 21.5 Å². The van der Waals surface area contributed by atoms with Crippen LogP contribution in [0.5, 0.6) is 11.5 Å². The van der Waals surface area contributed by atoms with Crippen molar-refractivity contribution in [1.29, 1.82) is 0 Å². The first-order chi connectivity index (χ1) is 10.0. The molecule has 0 spiro atoms. The fourth-order valence-electron chi connectivity index (χ4n) is 1.83. The van der Waals surface area contributed by atoms with Gasteiger partial charge in [0.15, 0.2) is 0 Å². The van der Waals surface area contributed by atoms with Gasteiger partial charge in [0.2, 0.25) is 0 Å². The summed E-state index contributed by atoms with van der Waals surface area (Å²) in [5, 5.41) is 3.73. The Morgan fingerprint density at radius 2 is 1.71 bits per heavy atom. The summed E-state index contributed by atoms with van der Waals surface area (Å²) >= 11 is 11.1. The third kappa shape index (κ3) is 3.56. The van der Waals surface area contributed by atoms with Crippen molar-refractivity contribution in [2.75, 3.05) is 19.5 Å². The average molecular weight is 323 g/mol. The van der Waals surface area contributed by atoms with Crippen molar-refractivity contribution in [2.45, 2.75) is 0 Å². The van der Waals surface area contributed by atoms with Crippen LogP contribution >= 0.6 is 23.8 Å². The summed E-state index contributed by atoms with van der Waals surface area (Å²) in [6.45, 7) is 0. The second kappa shape index (κ2) is 6.65. The lowest BCUT2D eigenvalue weighted by Gasteiger charge is -2.14. The van der Waals surface area contributed by atoms with Gasteiger partial charge in [-0.3, -0.25) is 0 Å². The van der Waals surface area contributed by atoms with E-state index in [2.05, 4.69) is 5.32 Å². The quantitative estimate of drug-likeness (QED) is 0.821. The molecule has 0 amide bonds. The Labute approximate surface area is 133 Å². The van der Waals surface area contributed by atoms with Gasteiger partial charge in [0.25, 0.3) is 0 Å². The van der Waals surface area contributed by atoms with Crippen molar-refractivity contribution in [3.05, 3.63) is 47.0 Å². The van der Waals surface area contributed by atoms with E-state index in [-0.39, 0.29) is 0 Å². The molecular formula is C15H15ClN2O2S. The number of thiocarbonyl (C=S) groups is 1. The molecule has 0 radical (unpaired) electrons. The van der Waals surface area contributed by atoms with Crippen molar-refractivity contribution in [3.8, 4) is 11.5 Å². The van der Waals surface area contributed by atoms with Gasteiger partial charge < -0.3 is 20.5 Å². The van der Waals surface area contributed by atoms with Crippen LogP contribution in [0.3, 0.4) is 0 Å². The lowest BCUT2D eigenvalue weighted by Crippen LogP contribution is -2.08. The van der Waals surface area contributed by atoms with E-state index in [9.17, 15) is 0 Å². The summed E-state index contributed by atoms with van der Waals surface area (Å²) in [6.07, 6.45) is 0. The van der Waals surface area contributed by atoms with Crippen LogP contribution in [-0.2, 0) is 0 Å². The standard InChI is InChI=1S/C15H15ClN2O2S/c1-19-13-8-14(20-2)12(7-11(13)16)18-10-5-3-9(4-6-10)15(17)21/h3-8,18H,1-2H3,(H2,17,21). The van der Waals surface area contributed by atoms with Gasteiger partial charge in [-0.2, -0.15) is 0 Å². The maximum absolute atomic E-state index is 6.14. The number of hydrogen-bond acceptors (Lipinski definition) is 4. The number of hydrogen-bond donors (Lipinski definition) is 2. The van der Waals surface area contributed by atoms with Crippen molar-refractivity contribution in [1.82, 2.24) is 0 Å². The maximum Gasteiger partial charge on any atom is 0.146 e. The number of halogens is 1. The Balaban J connectivity index is 2.30. The summed E-state index contributed by atoms with van der Waals surface area (Å²) in [7, 11) is 3.14. The molecule has 6 heteroatoms. The predicted molar refractivity (Wildman–Crippen MR) is 90.2 cm³/mol. The molecule has 0 aliphatic rings. The summed E-state index contributed by atoms with van der Waals surface area (Å²) in [4.78, 5) is 0.367. The monoisotopic (exact) mass is 322 g/mol. The van der Waals surface area contributed by atoms with E-state index in [1.54, 1.807) is 26.4 Å². The molecule has 0 saturated heterocycles. The Kier molecular flexibility index (Phi) is 4.88. The highest BCUT2D eigenvalue weighted by Gasteiger charge is 2.10. The van der Waals surface area contributed by atoms with Crippen LogP contribution in [0.2, 0.25) is 5.02 Å². The Morgan fingerprint density at radius 1 is 1.10 bits per heavy atom. The van der Waals surface area contributed by atoms with Crippen LogP contribution in [0.15, 0.2) is 36.4 Å².